The Balaban J connectivity index is 2.40. The first-order valence-corrected chi connectivity index (χ1v) is 14.3. The third-order valence-electron chi connectivity index (χ3n) is 5.78. The molecule has 0 aliphatic carbocycles. The van der Waals surface area contributed by atoms with Gasteiger partial charge in [-0.2, -0.15) is 0 Å². The predicted molar refractivity (Wildman–Crippen MR) is 156 cm³/mol. The zero-order chi connectivity index (χ0) is 25.9. The Labute approximate surface area is 221 Å². The number of nitrogens with one attached hydrogen (secondary N) is 7. The first kappa shape index (κ1) is 32.7. The van der Waals surface area contributed by atoms with Crippen LogP contribution in [0.1, 0.15) is 56.6 Å². The maximum absolute atomic E-state index is 5.54. The Morgan fingerprint density at radius 2 is 1.00 bits per heavy atom. The largest absolute Gasteiger partial charge is 0.385 e. The van der Waals surface area contributed by atoms with E-state index in [1.165, 1.54) is 23.2 Å². The van der Waals surface area contributed by atoms with Crippen LogP contribution in [-0.4, -0.2) is 78.7 Å². The number of benzene rings is 1. The predicted octanol–water partition coefficient (Wildman–Crippen LogP) is 0.872. The summed E-state index contributed by atoms with van der Waals surface area (Å²) < 4.78 is 0. The summed E-state index contributed by atoms with van der Waals surface area (Å²) in [6.45, 7) is 15.5. The van der Waals surface area contributed by atoms with Crippen LogP contribution < -0.4 is 48.7 Å². The summed E-state index contributed by atoms with van der Waals surface area (Å²) in [6.07, 6.45) is 6.59. The molecule has 36 heavy (non-hydrogen) atoms. The van der Waals surface area contributed by atoms with Gasteiger partial charge in [-0.05, 0) is 127 Å². The van der Waals surface area contributed by atoms with Crippen LogP contribution in [0.5, 0.6) is 0 Å². The van der Waals surface area contributed by atoms with Crippen molar-refractivity contribution in [3.05, 3.63) is 29.3 Å². The van der Waals surface area contributed by atoms with E-state index in [4.69, 9.17) is 11.5 Å². The normalized spacial score (nSPS) is 11.3. The van der Waals surface area contributed by atoms with E-state index >= 15 is 0 Å². The van der Waals surface area contributed by atoms with Crippen molar-refractivity contribution in [1.29, 1.82) is 0 Å². The molecule has 0 atom stereocenters. The molecule has 0 heterocycles. The van der Waals surface area contributed by atoms with Gasteiger partial charge in [-0.1, -0.05) is 13.0 Å². The zero-order valence-corrected chi connectivity index (χ0v) is 23.0. The van der Waals surface area contributed by atoms with Gasteiger partial charge in [-0.15, -0.1) is 0 Å². The van der Waals surface area contributed by atoms with Crippen molar-refractivity contribution in [3.8, 4) is 0 Å². The van der Waals surface area contributed by atoms with Crippen molar-refractivity contribution in [2.45, 2.75) is 58.5 Å². The van der Waals surface area contributed by atoms with Gasteiger partial charge in [-0.3, -0.25) is 0 Å². The summed E-state index contributed by atoms with van der Waals surface area (Å²) in [5, 5.41) is 24.5. The van der Waals surface area contributed by atoms with Crippen LogP contribution >= 0.6 is 0 Å². The van der Waals surface area contributed by atoms with Gasteiger partial charge in [0, 0.05) is 32.0 Å². The molecule has 210 valence electrons. The molecule has 0 amide bonds. The molecule has 9 heteroatoms. The van der Waals surface area contributed by atoms with Gasteiger partial charge in [0.2, 0.25) is 0 Å². The summed E-state index contributed by atoms with van der Waals surface area (Å²) in [5.74, 6) is 0. The van der Waals surface area contributed by atoms with Crippen molar-refractivity contribution in [2.24, 2.45) is 11.5 Å². The van der Waals surface area contributed by atoms with E-state index in [0.717, 1.165) is 124 Å². The second-order valence-corrected chi connectivity index (χ2v) is 9.34. The fourth-order valence-electron chi connectivity index (χ4n) is 3.80. The van der Waals surface area contributed by atoms with Crippen LogP contribution in [0.15, 0.2) is 18.2 Å². The molecule has 11 N–H and O–H groups in total. The SMILES string of the molecule is CCCNCNCCCNc1cc(CNCCCNCCCN)cc(CNCCCNCCCN)c1. The lowest BCUT2D eigenvalue weighted by molar-refractivity contribution is 0.571. The summed E-state index contributed by atoms with van der Waals surface area (Å²) in [6, 6.07) is 6.90. The smallest absolute Gasteiger partial charge is 0.0454 e. The number of hydrogen-bond donors (Lipinski definition) is 9. The lowest BCUT2D eigenvalue weighted by Crippen LogP contribution is -2.30. The number of hydrogen-bond acceptors (Lipinski definition) is 9. The highest BCUT2D eigenvalue weighted by Gasteiger charge is 2.03. The van der Waals surface area contributed by atoms with Gasteiger partial charge < -0.3 is 48.7 Å². The van der Waals surface area contributed by atoms with Gasteiger partial charge >= 0.3 is 0 Å². The molecule has 0 saturated heterocycles. The third kappa shape index (κ3) is 19.8. The highest BCUT2D eigenvalue weighted by molar-refractivity contribution is 5.49. The minimum absolute atomic E-state index is 0.755. The Morgan fingerprint density at radius 3 is 1.56 bits per heavy atom. The molecule has 1 aromatic rings. The molecule has 0 bridgehead atoms. The van der Waals surface area contributed by atoms with E-state index in [2.05, 4.69) is 62.3 Å². The van der Waals surface area contributed by atoms with E-state index in [9.17, 15) is 0 Å². The second-order valence-electron chi connectivity index (χ2n) is 9.34. The van der Waals surface area contributed by atoms with Crippen molar-refractivity contribution in [1.82, 2.24) is 31.9 Å². The third-order valence-corrected chi connectivity index (χ3v) is 5.78. The van der Waals surface area contributed by atoms with Crippen LogP contribution in [0, 0.1) is 0 Å². The lowest BCUT2D eigenvalue weighted by Gasteiger charge is -2.14. The van der Waals surface area contributed by atoms with Crippen LogP contribution in [-0.2, 0) is 13.1 Å². The zero-order valence-electron chi connectivity index (χ0n) is 23.0. The Kier molecular flexibility index (Phi) is 23.0. The molecular formula is C27H57N9. The molecule has 1 rings (SSSR count). The molecule has 0 saturated carbocycles. The van der Waals surface area contributed by atoms with Gasteiger partial charge in [0.05, 0.1) is 0 Å². The van der Waals surface area contributed by atoms with E-state index in [0.29, 0.717) is 0 Å². The van der Waals surface area contributed by atoms with E-state index in [1.54, 1.807) is 0 Å². The first-order chi connectivity index (χ1) is 17.8. The molecule has 0 spiro atoms. The Bertz CT molecular complexity index is 507. The van der Waals surface area contributed by atoms with Crippen LogP contribution in [0.2, 0.25) is 0 Å². The minimum atomic E-state index is 0.755. The van der Waals surface area contributed by atoms with Gasteiger partial charge in [0.15, 0.2) is 0 Å². The van der Waals surface area contributed by atoms with Crippen LogP contribution in [0.4, 0.5) is 5.69 Å². The van der Waals surface area contributed by atoms with Crippen LogP contribution in [0.3, 0.4) is 0 Å². The molecule has 0 unspecified atom stereocenters. The summed E-state index contributed by atoms with van der Waals surface area (Å²) in [4.78, 5) is 0. The molecule has 0 aliphatic rings. The number of anilines is 1. The molecule has 1 aromatic carbocycles. The Morgan fingerprint density at radius 1 is 0.528 bits per heavy atom. The highest BCUT2D eigenvalue weighted by Crippen LogP contribution is 2.15. The first-order valence-electron chi connectivity index (χ1n) is 14.3. The van der Waals surface area contributed by atoms with E-state index in [1.807, 2.05) is 0 Å². The topological polar surface area (TPSA) is 136 Å². The molecule has 0 aromatic heterocycles. The average molecular weight is 508 g/mol. The van der Waals surface area contributed by atoms with E-state index in [-0.39, 0.29) is 0 Å². The number of nitrogens with two attached hydrogens (primary N) is 2. The molecule has 0 radical (unpaired) electrons. The summed E-state index contributed by atoms with van der Waals surface area (Å²) in [5.41, 5.74) is 15.0. The monoisotopic (exact) mass is 507 g/mol. The molecular weight excluding hydrogens is 450 g/mol. The lowest BCUT2D eigenvalue weighted by atomic mass is 10.1. The van der Waals surface area contributed by atoms with Crippen molar-refractivity contribution in [3.63, 3.8) is 0 Å². The molecule has 9 nitrogen and oxygen atoms in total. The molecule has 0 aliphatic heterocycles. The maximum Gasteiger partial charge on any atom is 0.0454 e. The fourth-order valence-corrected chi connectivity index (χ4v) is 3.80. The van der Waals surface area contributed by atoms with Crippen molar-refractivity contribution in [2.75, 3.05) is 84.0 Å². The van der Waals surface area contributed by atoms with Crippen molar-refractivity contribution >= 4 is 5.69 Å². The van der Waals surface area contributed by atoms with Gasteiger partial charge in [0.1, 0.15) is 0 Å². The van der Waals surface area contributed by atoms with Crippen LogP contribution in [0.25, 0.3) is 0 Å². The quantitative estimate of drug-likeness (QED) is 0.0628. The standard InChI is InChI=1S/C27H57N9/c1-2-10-34-24-35-17-7-18-36-27-20-25(22-32-15-5-13-30-11-3-8-28)19-26(21-27)23-33-16-6-14-31-12-4-9-29/h19-21,30-36H,2-18,22-24,28-29H2,1H3. The maximum atomic E-state index is 5.54. The second kappa shape index (κ2) is 25.4. The van der Waals surface area contributed by atoms with Crippen molar-refractivity contribution < 1.29 is 0 Å². The van der Waals surface area contributed by atoms with Gasteiger partial charge in [-0.25, -0.2) is 0 Å². The summed E-state index contributed by atoms with van der Waals surface area (Å²) in [7, 11) is 0. The number of rotatable bonds is 27. The average Bonchev–Trinajstić information content (AvgIpc) is 2.89. The van der Waals surface area contributed by atoms with Gasteiger partial charge in [0.25, 0.3) is 0 Å². The fraction of sp³-hybridized carbons (Fsp3) is 0.778. The minimum Gasteiger partial charge on any atom is -0.385 e. The summed E-state index contributed by atoms with van der Waals surface area (Å²) >= 11 is 0. The molecule has 0 fully saturated rings. The van der Waals surface area contributed by atoms with E-state index < -0.39 is 0 Å². The Hall–Kier alpha value is -1.30. The highest BCUT2D eigenvalue weighted by atomic mass is 15.0.